The SMILES string of the molecule is CCCC(=O)N1CCCC1C(=O)Nc1ccc(SC)cc1. The third kappa shape index (κ3) is 4.00. The van der Waals surface area contributed by atoms with Gasteiger partial charge in [-0.05, 0) is 49.8 Å². The van der Waals surface area contributed by atoms with Crippen LogP contribution in [0.2, 0.25) is 0 Å². The molecule has 0 bridgehead atoms. The number of carbonyl (C=O) groups is 2. The summed E-state index contributed by atoms with van der Waals surface area (Å²) in [6, 6.07) is 7.45. The Labute approximate surface area is 130 Å². The Bertz CT molecular complexity index is 502. The maximum Gasteiger partial charge on any atom is 0.247 e. The zero-order chi connectivity index (χ0) is 15.2. The zero-order valence-corrected chi connectivity index (χ0v) is 13.4. The molecule has 1 saturated heterocycles. The van der Waals surface area contributed by atoms with Crippen molar-refractivity contribution in [3.8, 4) is 0 Å². The number of nitrogens with one attached hydrogen (secondary N) is 1. The van der Waals surface area contributed by atoms with Gasteiger partial charge in [-0.3, -0.25) is 9.59 Å². The van der Waals surface area contributed by atoms with E-state index in [0.717, 1.165) is 29.8 Å². The van der Waals surface area contributed by atoms with Gasteiger partial charge in [0, 0.05) is 23.5 Å². The average Bonchev–Trinajstić information content (AvgIpc) is 2.98. The number of anilines is 1. The van der Waals surface area contributed by atoms with Crippen LogP contribution >= 0.6 is 11.8 Å². The van der Waals surface area contributed by atoms with E-state index in [2.05, 4.69) is 5.32 Å². The molecule has 1 heterocycles. The lowest BCUT2D eigenvalue weighted by molar-refractivity contribution is -0.136. The van der Waals surface area contributed by atoms with Crippen molar-refractivity contribution in [2.45, 2.75) is 43.5 Å². The summed E-state index contributed by atoms with van der Waals surface area (Å²) in [6.45, 7) is 2.68. The summed E-state index contributed by atoms with van der Waals surface area (Å²) >= 11 is 1.67. The van der Waals surface area contributed by atoms with Gasteiger partial charge >= 0.3 is 0 Å². The van der Waals surface area contributed by atoms with Crippen molar-refractivity contribution < 1.29 is 9.59 Å². The molecule has 2 rings (SSSR count). The van der Waals surface area contributed by atoms with Gasteiger partial charge < -0.3 is 10.2 Å². The van der Waals surface area contributed by atoms with E-state index in [1.54, 1.807) is 16.7 Å². The summed E-state index contributed by atoms with van der Waals surface area (Å²) in [5.41, 5.74) is 0.785. The van der Waals surface area contributed by atoms with Crippen LogP contribution < -0.4 is 5.32 Å². The first-order valence-corrected chi connectivity index (χ1v) is 8.62. The van der Waals surface area contributed by atoms with Crippen LogP contribution in [-0.2, 0) is 9.59 Å². The van der Waals surface area contributed by atoms with E-state index in [-0.39, 0.29) is 17.9 Å². The van der Waals surface area contributed by atoms with Crippen molar-refractivity contribution in [1.29, 1.82) is 0 Å². The van der Waals surface area contributed by atoms with Crippen molar-refractivity contribution in [2.75, 3.05) is 18.1 Å². The molecule has 5 heteroatoms. The first-order chi connectivity index (χ1) is 10.2. The van der Waals surface area contributed by atoms with Gasteiger partial charge in [0.05, 0.1) is 0 Å². The van der Waals surface area contributed by atoms with Crippen LogP contribution in [0.3, 0.4) is 0 Å². The largest absolute Gasteiger partial charge is 0.331 e. The van der Waals surface area contributed by atoms with Gasteiger partial charge in [0.25, 0.3) is 0 Å². The predicted octanol–water partition coefficient (Wildman–Crippen LogP) is 3.14. The highest BCUT2D eigenvalue weighted by Crippen LogP contribution is 2.22. The van der Waals surface area contributed by atoms with E-state index in [1.165, 1.54) is 0 Å². The Balaban J connectivity index is 1.99. The second-order valence-corrected chi connectivity index (χ2v) is 6.09. The number of likely N-dealkylation sites (tertiary alicyclic amines) is 1. The average molecular weight is 306 g/mol. The van der Waals surface area contributed by atoms with Crippen molar-refractivity contribution in [3.05, 3.63) is 24.3 Å². The molecule has 1 aromatic carbocycles. The van der Waals surface area contributed by atoms with Crippen LogP contribution in [0.5, 0.6) is 0 Å². The number of amides is 2. The normalized spacial score (nSPS) is 17.8. The third-order valence-corrected chi connectivity index (χ3v) is 4.44. The zero-order valence-electron chi connectivity index (χ0n) is 12.6. The summed E-state index contributed by atoms with van der Waals surface area (Å²) in [6.07, 6.45) is 5.01. The van der Waals surface area contributed by atoms with Crippen molar-refractivity contribution in [3.63, 3.8) is 0 Å². The Hall–Kier alpha value is -1.49. The van der Waals surface area contributed by atoms with Gasteiger partial charge in [-0.15, -0.1) is 11.8 Å². The molecule has 114 valence electrons. The second kappa shape index (κ2) is 7.50. The first-order valence-electron chi connectivity index (χ1n) is 7.40. The molecule has 1 aliphatic heterocycles. The highest BCUT2D eigenvalue weighted by molar-refractivity contribution is 7.98. The number of hydrogen-bond acceptors (Lipinski definition) is 3. The Morgan fingerprint density at radius 3 is 2.67 bits per heavy atom. The van der Waals surface area contributed by atoms with E-state index in [1.807, 2.05) is 37.4 Å². The minimum absolute atomic E-state index is 0.0751. The van der Waals surface area contributed by atoms with Gasteiger partial charge in [0.2, 0.25) is 11.8 Å². The van der Waals surface area contributed by atoms with E-state index >= 15 is 0 Å². The van der Waals surface area contributed by atoms with Gasteiger partial charge in [0.1, 0.15) is 6.04 Å². The lowest BCUT2D eigenvalue weighted by atomic mass is 10.2. The molecule has 1 aliphatic rings. The fraction of sp³-hybridized carbons (Fsp3) is 0.500. The molecule has 0 aliphatic carbocycles. The minimum Gasteiger partial charge on any atom is -0.331 e. The van der Waals surface area contributed by atoms with Gasteiger partial charge in [-0.1, -0.05) is 6.92 Å². The van der Waals surface area contributed by atoms with Crippen LogP contribution in [0.25, 0.3) is 0 Å². The second-order valence-electron chi connectivity index (χ2n) is 5.21. The fourth-order valence-corrected chi connectivity index (χ4v) is 3.00. The number of rotatable bonds is 5. The summed E-state index contributed by atoms with van der Waals surface area (Å²) < 4.78 is 0. The molecule has 1 unspecified atom stereocenters. The highest BCUT2D eigenvalue weighted by Gasteiger charge is 2.33. The van der Waals surface area contributed by atoms with E-state index in [4.69, 9.17) is 0 Å². The molecule has 0 aromatic heterocycles. The molecular weight excluding hydrogens is 284 g/mol. The highest BCUT2D eigenvalue weighted by atomic mass is 32.2. The molecule has 1 fully saturated rings. The summed E-state index contributed by atoms with van der Waals surface area (Å²) in [5.74, 6) is 0.0155. The number of thioether (sulfide) groups is 1. The lowest BCUT2D eigenvalue weighted by Gasteiger charge is -2.23. The third-order valence-electron chi connectivity index (χ3n) is 3.70. The van der Waals surface area contributed by atoms with Crippen LogP contribution in [0.1, 0.15) is 32.6 Å². The number of nitrogens with zero attached hydrogens (tertiary/aromatic N) is 1. The van der Waals surface area contributed by atoms with Crippen molar-refractivity contribution >= 4 is 29.3 Å². The van der Waals surface area contributed by atoms with Crippen LogP contribution in [0, 0.1) is 0 Å². The molecule has 21 heavy (non-hydrogen) atoms. The summed E-state index contributed by atoms with van der Waals surface area (Å²) in [5, 5.41) is 2.92. The van der Waals surface area contributed by atoms with E-state index < -0.39 is 0 Å². The van der Waals surface area contributed by atoms with Crippen LogP contribution in [0.15, 0.2) is 29.2 Å². The quantitative estimate of drug-likeness (QED) is 0.850. The predicted molar refractivity (Wildman–Crippen MR) is 86.5 cm³/mol. The number of carbonyl (C=O) groups excluding carboxylic acids is 2. The topological polar surface area (TPSA) is 49.4 Å². The Morgan fingerprint density at radius 2 is 2.05 bits per heavy atom. The molecule has 1 N–H and O–H groups in total. The number of benzene rings is 1. The van der Waals surface area contributed by atoms with Crippen molar-refractivity contribution in [1.82, 2.24) is 4.90 Å². The molecule has 2 amide bonds. The monoisotopic (exact) mass is 306 g/mol. The van der Waals surface area contributed by atoms with Gasteiger partial charge in [-0.25, -0.2) is 0 Å². The molecule has 0 spiro atoms. The molecule has 0 radical (unpaired) electrons. The van der Waals surface area contributed by atoms with Gasteiger partial charge in [-0.2, -0.15) is 0 Å². The number of hydrogen-bond donors (Lipinski definition) is 1. The molecule has 1 aromatic rings. The van der Waals surface area contributed by atoms with Crippen molar-refractivity contribution in [2.24, 2.45) is 0 Å². The minimum atomic E-state index is -0.315. The lowest BCUT2D eigenvalue weighted by Crippen LogP contribution is -2.43. The van der Waals surface area contributed by atoms with Crippen LogP contribution in [0.4, 0.5) is 5.69 Å². The van der Waals surface area contributed by atoms with Gasteiger partial charge in [0.15, 0.2) is 0 Å². The molecular formula is C16H22N2O2S. The molecule has 1 atom stereocenters. The standard InChI is InChI=1S/C16H22N2O2S/c1-3-5-15(19)18-11-4-6-14(18)16(20)17-12-7-9-13(21-2)10-8-12/h7-10,14H,3-6,11H2,1-2H3,(H,17,20). The van der Waals surface area contributed by atoms with E-state index in [0.29, 0.717) is 13.0 Å². The smallest absolute Gasteiger partial charge is 0.247 e. The van der Waals surface area contributed by atoms with Crippen LogP contribution in [-0.4, -0.2) is 35.6 Å². The first kappa shape index (κ1) is 15.9. The maximum absolute atomic E-state index is 12.4. The molecule has 0 saturated carbocycles. The Morgan fingerprint density at radius 1 is 1.33 bits per heavy atom. The maximum atomic E-state index is 12.4. The molecule has 4 nitrogen and oxygen atoms in total. The fourth-order valence-electron chi connectivity index (χ4n) is 2.60. The van der Waals surface area contributed by atoms with E-state index in [9.17, 15) is 9.59 Å². The summed E-state index contributed by atoms with van der Waals surface area (Å²) in [4.78, 5) is 27.3. The summed E-state index contributed by atoms with van der Waals surface area (Å²) in [7, 11) is 0. The Kier molecular flexibility index (Phi) is 5.67.